The van der Waals surface area contributed by atoms with Crippen LogP contribution < -0.4 is 19.1 Å². The van der Waals surface area contributed by atoms with E-state index in [1.807, 2.05) is 32.0 Å². The number of carbonyl (C=O) groups is 2. The van der Waals surface area contributed by atoms with Crippen molar-refractivity contribution in [2.75, 3.05) is 25.7 Å². The predicted octanol–water partition coefficient (Wildman–Crippen LogP) is 6.04. The van der Waals surface area contributed by atoms with Crippen molar-refractivity contribution in [3.05, 3.63) is 82.9 Å². The largest absolute Gasteiger partial charge is 0.507 e. The van der Waals surface area contributed by atoms with Crippen LogP contribution in [-0.4, -0.2) is 42.6 Å². The van der Waals surface area contributed by atoms with Crippen LogP contribution in [0.2, 0.25) is 0 Å². The van der Waals surface area contributed by atoms with Crippen molar-refractivity contribution >= 4 is 44.1 Å². The quantitative estimate of drug-likeness (QED) is 0.164. The monoisotopic (exact) mass is 544 g/mol. The minimum atomic E-state index is -0.942. The van der Waals surface area contributed by atoms with Gasteiger partial charge >= 0.3 is 5.91 Å². The number of ether oxygens (including phenoxy) is 3. The molecule has 1 N–H and O–H groups in total. The highest BCUT2D eigenvalue weighted by Crippen LogP contribution is 2.46. The first-order valence-corrected chi connectivity index (χ1v) is 13.3. The molecule has 1 aliphatic heterocycles. The number of carbonyl (C=O) groups excluding carboxylic acids is 2. The number of aromatic nitrogens is 1. The van der Waals surface area contributed by atoms with Crippen LogP contribution in [0.1, 0.15) is 36.1 Å². The molecule has 1 saturated heterocycles. The van der Waals surface area contributed by atoms with Crippen LogP contribution in [0.15, 0.2) is 66.2 Å². The van der Waals surface area contributed by atoms with Crippen LogP contribution in [0.5, 0.6) is 17.2 Å². The van der Waals surface area contributed by atoms with Crippen LogP contribution in [0.4, 0.5) is 5.13 Å². The molecule has 3 aromatic carbocycles. The van der Waals surface area contributed by atoms with Gasteiger partial charge in [-0.05, 0) is 73.0 Å². The normalized spacial score (nSPS) is 16.6. The maximum Gasteiger partial charge on any atom is 0.301 e. The zero-order valence-electron chi connectivity index (χ0n) is 22.1. The maximum atomic E-state index is 13.6. The van der Waals surface area contributed by atoms with Crippen LogP contribution in [-0.2, 0) is 9.59 Å². The molecule has 0 aliphatic carbocycles. The number of aliphatic hydroxyl groups is 1. The second-order valence-corrected chi connectivity index (χ2v) is 10.1. The van der Waals surface area contributed by atoms with Gasteiger partial charge in [0.25, 0.3) is 5.78 Å². The predicted molar refractivity (Wildman–Crippen MR) is 151 cm³/mol. The first-order chi connectivity index (χ1) is 18.9. The zero-order valence-corrected chi connectivity index (χ0v) is 22.9. The molecule has 1 atom stereocenters. The first kappa shape index (κ1) is 26.2. The Balaban J connectivity index is 1.68. The third kappa shape index (κ3) is 4.81. The molecule has 0 radical (unpaired) electrons. The molecule has 1 aromatic heterocycles. The molecule has 1 fully saturated rings. The van der Waals surface area contributed by atoms with Gasteiger partial charge in [0.05, 0.1) is 42.7 Å². The fraction of sp³-hybridized carbons (Fsp3) is 0.233. The van der Waals surface area contributed by atoms with Crippen molar-refractivity contribution in [2.24, 2.45) is 0 Å². The van der Waals surface area contributed by atoms with Crippen molar-refractivity contribution in [3.8, 4) is 17.2 Å². The summed E-state index contributed by atoms with van der Waals surface area (Å²) in [5, 5.41) is 11.8. The van der Waals surface area contributed by atoms with Gasteiger partial charge in [-0.25, -0.2) is 4.98 Å². The lowest BCUT2D eigenvalue weighted by atomic mass is 9.95. The summed E-state index contributed by atoms with van der Waals surface area (Å²) in [6.07, 6.45) is 0.863. The number of rotatable bonds is 8. The molecule has 5 rings (SSSR count). The van der Waals surface area contributed by atoms with E-state index in [4.69, 9.17) is 14.2 Å². The molecule has 2 heterocycles. The zero-order chi connectivity index (χ0) is 27.7. The Morgan fingerprint density at radius 3 is 2.44 bits per heavy atom. The number of anilines is 1. The molecular weight excluding hydrogens is 516 g/mol. The van der Waals surface area contributed by atoms with Gasteiger partial charge in [0.1, 0.15) is 11.5 Å². The van der Waals surface area contributed by atoms with E-state index in [0.717, 1.165) is 22.2 Å². The van der Waals surface area contributed by atoms with Gasteiger partial charge < -0.3 is 19.3 Å². The third-order valence-corrected chi connectivity index (χ3v) is 7.52. The second-order valence-electron chi connectivity index (χ2n) is 9.12. The highest BCUT2D eigenvalue weighted by atomic mass is 32.1. The third-order valence-electron chi connectivity index (χ3n) is 6.51. The standard InChI is InChI=1S/C30H28N2O6S/c1-5-14-38-20-10-7-18(8-11-20)27(33)25-26(19-9-13-22(36-3)23(16-19)37-4)32(29(35)28(25)34)30-31-21-12-6-17(2)15-24(21)39-30/h6-13,15-16,26,33H,5,14H2,1-4H3/b27-25+. The molecule has 0 spiro atoms. The van der Waals surface area contributed by atoms with Crippen molar-refractivity contribution in [1.29, 1.82) is 0 Å². The molecule has 8 nitrogen and oxygen atoms in total. The lowest BCUT2D eigenvalue weighted by molar-refractivity contribution is -0.132. The van der Waals surface area contributed by atoms with Gasteiger partial charge in [0.2, 0.25) is 0 Å². The molecule has 9 heteroatoms. The van der Waals surface area contributed by atoms with Crippen molar-refractivity contribution in [2.45, 2.75) is 26.3 Å². The maximum absolute atomic E-state index is 13.6. The number of fused-ring (bicyclic) bond motifs is 1. The Hall–Kier alpha value is -4.37. The van der Waals surface area contributed by atoms with Gasteiger partial charge in [0, 0.05) is 5.56 Å². The van der Waals surface area contributed by atoms with E-state index in [1.54, 1.807) is 42.5 Å². The van der Waals surface area contributed by atoms with E-state index in [0.29, 0.717) is 40.1 Å². The summed E-state index contributed by atoms with van der Waals surface area (Å²) >= 11 is 1.31. The van der Waals surface area contributed by atoms with Gasteiger partial charge in [-0.1, -0.05) is 30.4 Å². The minimum Gasteiger partial charge on any atom is -0.507 e. The van der Waals surface area contributed by atoms with Crippen molar-refractivity contribution in [3.63, 3.8) is 0 Å². The summed E-state index contributed by atoms with van der Waals surface area (Å²) < 4.78 is 17.4. The average molecular weight is 545 g/mol. The Morgan fingerprint density at radius 2 is 1.74 bits per heavy atom. The first-order valence-electron chi connectivity index (χ1n) is 12.5. The van der Waals surface area contributed by atoms with Crippen LogP contribution in [0, 0.1) is 6.92 Å². The minimum absolute atomic E-state index is 0.0371. The molecule has 0 bridgehead atoms. The van der Waals surface area contributed by atoms with Gasteiger partial charge in [-0.3, -0.25) is 14.5 Å². The Kier molecular flexibility index (Phi) is 7.26. The number of hydrogen-bond donors (Lipinski definition) is 1. The molecule has 4 aromatic rings. The smallest absolute Gasteiger partial charge is 0.301 e. The number of aliphatic hydroxyl groups excluding tert-OH is 1. The van der Waals surface area contributed by atoms with E-state index in [2.05, 4.69) is 4.98 Å². The molecule has 0 saturated carbocycles. The average Bonchev–Trinajstić information content (AvgIpc) is 3.48. The lowest BCUT2D eigenvalue weighted by Gasteiger charge is -2.23. The van der Waals surface area contributed by atoms with E-state index in [-0.39, 0.29) is 11.3 Å². The van der Waals surface area contributed by atoms with Gasteiger partial charge in [0.15, 0.2) is 16.6 Å². The van der Waals surface area contributed by atoms with E-state index in [9.17, 15) is 14.7 Å². The second kappa shape index (κ2) is 10.8. The van der Waals surface area contributed by atoms with Crippen LogP contribution in [0.25, 0.3) is 16.0 Å². The molecule has 1 aliphatic rings. The summed E-state index contributed by atoms with van der Waals surface area (Å²) in [6.45, 7) is 4.56. The van der Waals surface area contributed by atoms with E-state index < -0.39 is 17.7 Å². The SMILES string of the molecule is CCCOc1ccc(/C(O)=C2\C(=O)C(=O)N(c3nc4ccc(C)cc4s3)C2c2ccc(OC)c(OC)c2)cc1. The number of hydrogen-bond acceptors (Lipinski definition) is 8. The number of benzene rings is 3. The summed E-state index contributed by atoms with van der Waals surface area (Å²) in [6, 6.07) is 16.8. The number of Topliss-reactive ketones (excluding diaryl/α,β-unsaturated/α-hetero) is 1. The van der Waals surface area contributed by atoms with Crippen molar-refractivity contribution < 1.29 is 28.9 Å². The number of amides is 1. The van der Waals surface area contributed by atoms with Crippen molar-refractivity contribution in [1.82, 2.24) is 4.98 Å². The highest BCUT2D eigenvalue weighted by Gasteiger charge is 2.48. The summed E-state index contributed by atoms with van der Waals surface area (Å²) in [5.41, 5.74) is 2.69. The van der Waals surface area contributed by atoms with E-state index in [1.165, 1.54) is 30.5 Å². The van der Waals surface area contributed by atoms with Crippen LogP contribution in [0.3, 0.4) is 0 Å². The summed E-state index contributed by atoms with van der Waals surface area (Å²) in [5.74, 6) is -0.275. The molecule has 1 amide bonds. The molecule has 200 valence electrons. The fourth-order valence-corrected chi connectivity index (χ4v) is 5.67. The molecular formula is C30H28N2O6S. The summed E-state index contributed by atoms with van der Waals surface area (Å²) in [7, 11) is 3.04. The number of thiazole rings is 1. The summed E-state index contributed by atoms with van der Waals surface area (Å²) in [4.78, 5) is 33.1. The number of methoxy groups -OCH3 is 2. The Labute approximate surface area is 230 Å². The Morgan fingerprint density at radius 1 is 1.00 bits per heavy atom. The van der Waals surface area contributed by atoms with Gasteiger partial charge in [-0.2, -0.15) is 0 Å². The number of nitrogens with zero attached hydrogens (tertiary/aromatic N) is 2. The topological polar surface area (TPSA) is 98.2 Å². The lowest BCUT2D eigenvalue weighted by Crippen LogP contribution is -2.29. The molecule has 39 heavy (non-hydrogen) atoms. The number of aryl methyl sites for hydroxylation is 1. The molecule has 1 unspecified atom stereocenters. The number of ketones is 1. The van der Waals surface area contributed by atoms with Crippen LogP contribution >= 0.6 is 11.3 Å². The van der Waals surface area contributed by atoms with Gasteiger partial charge in [-0.15, -0.1) is 0 Å². The van der Waals surface area contributed by atoms with E-state index >= 15 is 0 Å². The Bertz CT molecular complexity index is 1590. The highest BCUT2D eigenvalue weighted by molar-refractivity contribution is 7.22. The fourth-order valence-electron chi connectivity index (χ4n) is 4.58.